The molecule has 0 bridgehead atoms. The smallest absolute Gasteiger partial charge is 0.0651 e. The standard InChI is InChI=1S/2C46H32N2/c2*1-3-12-33(13-4-1)35-22-26-40(27-23-35)47(42-28-24-34-14-7-8-15-36(34)30-42)41-19-11-16-37(31-41)38-25-29-46-44(32-38)43-20-9-10-21-45(43)48(46)39-17-5-2-6-18-39/h2*1-32H/i1D,2D,3D,4D,5D,6D,7D,8D,9D,10D,11D,12D,13D,14D,15D,16D,17D,18D,19D,20D,21D,22D,23D,24D,25D,26D,27D,28D,29D,30D,31D,32D;1D,3D,4D,7D,8D,11D,12D,13D,14D,15D,16D,19D,22D,23D,24D,26D,27D,28D,30D,31D. The molecule has 4 heteroatoms. The largest absolute Gasteiger partial charge is 0.310 e. The average Bonchev–Trinajstić information content (AvgIpc) is 1.57. The van der Waals surface area contributed by atoms with E-state index in [1.807, 2.05) is 59.2 Å². The molecule has 4 nitrogen and oxygen atoms in total. The summed E-state index contributed by atoms with van der Waals surface area (Å²) in [5, 5.41) is -2.60. The average molecular weight is 1280 g/mol. The zero-order valence-corrected chi connectivity index (χ0v) is 48.7. The molecule has 0 aliphatic carbocycles. The molecule has 0 saturated heterocycles. The Hall–Kier alpha value is -12.8. The molecule has 0 spiro atoms. The molecule has 0 fully saturated rings. The van der Waals surface area contributed by atoms with Gasteiger partial charge < -0.3 is 18.9 Å². The van der Waals surface area contributed by atoms with Gasteiger partial charge >= 0.3 is 0 Å². The van der Waals surface area contributed by atoms with Gasteiger partial charge in [0.05, 0.1) is 93.3 Å². The monoisotopic (exact) mass is 1280 g/mol. The van der Waals surface area contributed by atoms with Gasteiger partial charge in [-0.2, -0.15) is 0 Å². The first kappa shape index (κ1) is 24.6. The van der Waals surface area contributed by atoms with Crippen molar-refractivity contribution in [1.82, 2.24) is 9.13 Å². The van der Waals surface area contributed by atoms with Crippen LogP contribution in [0.3, 0.4) is 0 Å². The highest BCUT2D eigenvalue weighted by atomic mass is 15.1. The third kappa shape index (κ3) is 10.9. The highest BCUT2D eigenvalue weighted by Gasteiger charge is 2.20. The van der Waals surface area contributed by atoms with E-state index >= 15 is 0 Å². The van der Waals surface area contributed by atoms with E-state index in [1.54, 1.807) is 18.2 Å². The Kier molecular flexibility index (Phi) is 6.42. The van der Waals surface area contributed by atoms with Gasteiger partial charge in [-0.15, -0.1) is 0 Å². The number of anilines is 6. The molecule has 0 aliphatic heterocycles. The first-order chi connectivity index (χ1) is 69.3. The van der Waals surface area contributed by atoms with Gasteiger partial charge in [0.2, 0.25) is 0 Å². The van der Waals surface area contributed by atoms with Crippen molar-refractivity contribution in [3.63, 3.8) is 0 Å². The number of nitrogens with zero attached hydrogens (tertiary/aromatic N) is 4. The van der Waals surface area contributed by atoms with E-state index in [9.17, 15) is 30.2 Å². The van der Waals surface area contributed by atoms with E-state index in [1.165, 1.54) is 0 Å². The number of benzene rings is 16. The molecule has 2 aromatic heterocycles. The summed E-state index contributed by atoms with van der Waals surface area (Å²) in [6, 6.07) is -29.1. The van der Waals surface area contributed by atoms with Gasteiger partial charge in [-0.25, -0.2) is 0 Å². The van der Waals surface area contributed by atoms with Crippen LogP contribution in [0.2, 0.25) is 0 Å². The normalized spacial score (nSPS) is 18.9. The highest BCUT2D eigenvalue weighted by molar-refractivity contribution is 6.12. The predicted molar refractivity (Wildman–Crippen MR) is 408 cm³/mol. The Morgan fingerprint density at radius 2 is 0.635 bits per heavy atom. The molecule has 96 heavy (non-hydrogen) atoms. The molecule has 0 N–H and O–H groups in total. The van der Waals surface area contributed by atoms with E-state index in [0.717, 1.165) is 22.1 Å². The molecule has 16 aromatic carbocycles. The first-order valence-electron chi connectivity index (χ1n) is 54.7. The van der Waals surface area contributed by atoms with Gasteiger partial charge in [-0.3, -0.25) is 0 Å². The van der Waals surface area contributed by atoms with Gasteiger partial charge in [0.15, 0.2) is 0 Å². The molecule has 18 aromatic rings. The lowest BCUT2D eigenvalue weighted by molar-refractivity contribution is 1.18. The Morgan fingerprint density at radius 1 is 0.208 bits per heavy atom. The molecule has 0 radical (unpaired) electrons. The van der Waals surface area contributed by atoms with Crippen molar-refractivity contribution < 1.29 is 71.3 Å². The first-order valence-corrected chi connectivity index (χ1v) is 28.7. The Balaban J connectivity index is 0.000000204. The van der Waals surface area contributed by atoms with Gasteiger partial charge in [-0.05, 0) is 199 Å². The second kappa shape index (κ2) is 25.0. The fourth-order valence-electron chi connectivity index (χ4n) is 10.6. The lowest BCUT2D eigenvalue weighted by atomic mass is 10.0. The van der Waals surface area contributed by atoms with Gasteiger partial charge in [0.25, 0.3) is 0 Å². The third-order valence-electron chi connectivity index (χ3n) is 14.9. The summed E-state index contributed by atoms with van der Waals surface area (Å²) < 4.78 is 467. The van der Waals surface area contributed by atoms with E-state index in [-0.39, 0.29) is 11.1 Å². The summed E-state index contributed by atoms with van der Waals surface area (Å²) in [6.45, 7) is 0. The van der Waals surface area contributed by atoms with Crippen molar-refractivity contribution in [2.45, 2.75) is 0 Å². The number of hydrogen-bond acceptors (Lipinski definition) is 2. The fraction of sp³-hybridized carbons (Fsp3) is 0. The number of para-hydroxylation sites is 4. The minimum atomic E-state index is -1.32. The van der Waals surface area contributed by atoms with Crippen molar-refractivity contribution in [1.29, 1.82) is 0 Å². The molecule has 452 valence electrons. The molecule has 2 heterocycles. The van der Waals surface area contributed by atoms with E-state index in [2.05, 4.69) is 0 Å². The minimum Gasteiger partial charge on any atom is -0.310 e. The van der Waals surface area contributed by atoms with Crippen LogP contribution in [0.5, 0.6) is 0 Å². The number of hydrogen-bond donors (Lipinski definition) is 0. The number of rotatable bonds is 12. The van der Waals surface area contributed by atoms with Crippen LogP contribution in [0.15, 0.2) is 387 Å². The van der Waals surface area contributed by atoms with Crippen LogP contribution in [-0.4, -0.2) is 9.13 Å². The Labute approximate surface area is 632 Å². The lowest BCUT2D eigenvalue weighted by Gasteiger charge is -2.26. The molecule has 0 aliphatic rings. The second-order valence-corrected chi connectivity index (χ2v) is 20.4. The van der Waals surface area contributed by atoms with Gasteiger partial charge in [-0.1, -0.05) is 254 Å². The van der Waals surface area contributed by atoms with Crippen LogP contribution >= 0.6 is 0 Å². The summed E-state index contributed by atoms with van der Waals surface area (Å²) in [6.07, 6.45) is 0. The maximum Gasteiger partial charge on any atom is 0.0651 e. The summed E-state index contributed by atoms with van der Waals surface area (Å²) in [7, 11) is 0. The second-order valence-electron chi connectivity index (χ2n) is 20.4. The molecule has 0 amide bonds. The zero-order chi connectivity index (χ0) is 109. The molecular weight excluding hydrogens is 1160 g/mol. The van der Waals surface area contributed by atoms with Crippen LogP contribution in [-0.2, 0) is 0 Å². The maximum atomic E-state index is 9.93. The quantitative estimate of drug-likeness (QED) is 0.121. The highest BCUT2D eigenvalue weighted by Crippen LogP contribution is 2.43. The number of fused-ring (bicyclic) bond motifs is 8. The topological polar surface area (TPSA) is 16.3 Å². The summed E-state index contributed by atoms with van der Waals surface area (Å²) >= 11 is 0. The van der Waals surface area contributed by atoms with Crippen LogP contribution < -0.4 is 9.80 Å². The van der Waals surface area contributed by atoms with Crippen molar-refractivity contribution in [2.24, 2.45) is 0 Å². The van der Waals surface area contributed by atoms with Crippen LogP contribution in [0.25, 0.3) is 121 Å². The third-order valence-corrected chi connectivity index (χ3v) is 14.9. The SMILES string of the molecule is [2H]c1c([2H])c([2H])c(-c2c([2H])c([2H])c(N(c3c([2H])c([2H])c([2H])c(-c4c([2H])c([2H])c5c(c4[2H])c4c([2H])c([2H])c([2H])c([2H])c4n5-c4c([2H])c([2H])c([2H])c([2H])c4[2H])c3[2H])c3c([2H])c([2H])c4c([2H])c([2H])c([2H])c([2H])c4c3[2H])c([2H])c2[2H])c([2H])c1[2H].[2H]c1c([2H])c([2H])c(-c2c([2H])c([2H])c(N(c3c([2H])c([2H])c([2H])c(-c4ccc5c(c4)c4ccccc4n5-c4ccccc4)c3[2H])c3c([2H])c([2H])c4c([2H])c([2H])c([2H])c([2H])c4c3[2H])c([2H])c2[2H])c([2H])c1[2H]. The molecule has 0 saturated carbocycles. The predicted octanol–water partition coefficient (Wildman–Crippen LogP) is 25.5. The van der Waals surface area contributed by atoms with Crippen molar-refractivity contribution >= 4 is 99.3 Å². The Bertz CT molecular complexity index is 8980. The summed E-state index contributed by atoms with van der Waals surface area (Å²) in [5.74, 6) is 0. The van der Waals surface area contributed by atoms with Crippen molar-refractivity contribution in [3.8, 4) is 55.9 Å². The van der Waals surface area contributed by atoms with E-state index in [0.29, 0.717) is 19.8 Å². The van der Waals surface area contributed by atoms with Gasteiger partial charge in [0.1, 0.15) is 0 Å². The molecule has 0 unspecified atom stereocenters. The van der Waals surface area contributed by atoms with Gasteiger partial charge in [0, 0.05) is 67.0 Å². The molecule has 18 rings (SSSR count). The zero-order valence-electron chi connectivity index (χ0n) is 101. The number of aromatic nitrogens is 2. The minimum absolute atomic E-state index is 0.181. The molecule has 0 atom stereocenters. The summed E-state index contributed by atoms with van der Waals surface area (Å²) in [5.41, 5.74) is -11.2. The van der Waals surface area contributed by atoms with Crippen LogP contribution in [0.1, 0.15) is 71.3 Å². The molecular formula is C92H64N4. The maximum absolute atomic E-state index is 9.93. The summed E-state index contributed by atoms with van der Waals surface area (Å²) in [4.78, 5) is 0.914. The van der Waals surface area contributed by atoms with Crippen LogP contribution in [0, 0.1) is 0 Å². The van der Waals surface area contributed by atoms with Crippen LogP contribution in [0.4, 0.5) is 34.1 Å². The van der Waals surface area contributed by atoms with Crippen molar-refractivity contribution in [3.05, 3.63) is 387 Å². The van der Waals surface area contributed by atoms with Crippen molar-refractivity contribution in [2.75, 3.05) is 9.80 Å². The lowest BCUT2D eigenvalue weighted by Crippen LogP contribution is -2.10. The fourth-order valence-corrected chi connectivity index (χ4v) is 10.6. The van der Waals surface area contributed by atoms with E-state index in [4.69, 9.17) is 41.1 Å². The van der Waals surface area contributed by atoms with E-state index < -0.39 is 431 Å². The Morgan fingerprint density at radius 3 is 1.24 bits per heavy atom.